The summed E-state index contributed by atoms with van der Waals surface area (Å²) < 4.78 is 5.15. The quantitative estimate of drug-likeness (QED) is 0.595. The van der Waals surface area contributed by atoms with Crippen molar-refractivity contribution in [1.82, 2.24) is 10.2 Å². The molecule has 6 nitrogen and oxygen atoms in total. The fourth-order valence-electron chi connectivity index (χ4n) is 3.54. The molecule has 1 aliphatic heterocycles. The van der Waals surface area contributed by atoms with Gasteiger partial charge in [0.25, 0.3) is 0 Å². The minimum absolute atomic E-state index is 0.0414. The molecule has 1 N–H and O–H groups in total. The van der Waals surface area contributed by atoms with Crippen molar-refractivity contribution in [2.75, 3.05) is 6.61 Å². The van der Waals surface area contributed by atoms with Crippen LogP contribution in [0.25, 0.3) is 0 Å². The zero-order valence-corrected chi connectivity index (χ0v) is 17.9. The second kappa shape index (κ2) is 10.8. The standard InChI is InChI=1S/C24H25ClN2O4/c1-2-6-19(14-22(28)26-15-18-9-11-20(25)12-10-18)23(29)27-21(16-31-24(27)30)13-17-7-4-3-5-8-17/h2-5,7-12,19,21H,1,6,13-16H2,(H,26,28)/t19-,21?/m0/s1. The highest BCUT2D eigenvalue weighted by Crippen LogP contribution is 2.23. The van der Waals surface area contributed by atoms with Crippen molar-refractivity contribution in [3.05, 3.63) is 83.4 Å². The smallest absolute Gasteiger partial charge is 0.416 e. The van der Waals surface area contributed by atoms with E-state index in [-0.39, 0.29) is 25.4 Å². The topological polar surface area (TPSA) is 75.7 Å². The van der Waals surface area contributed by atoms with Crippen LogP contribution in [0.15, 0.2) is 67.3 Å². The van der Waals surface area contributed by atoms with Crippen LogP contribution in [0.5, 0.6) is 0 Å². The number of halogens is 1. The maximum absolute atomic E-state index is 13.2. The van der Waals surface area contributed by atoms with Gasteiger partial charge in [-0.2, -0.15) is 0 Å². The molecule has 0 saturated carbocycles. The van der Waals surface area contributed by atoms with E-state index in [4.69, 9.17) is 16.3 Å². The van der Waals surface area contributed by atoms with Crippen LogP contribution in [0.2, 0.25) is 5.02 Å². The second-order valence-electron chi connectivity index (χ2n) is 7.46. The van der Waals surface area contributed by atoms with Crippen molar-refractivity contribution in [3.63, 3.8) is 0 Å². The number of nitrogens with zero attached hydrogens (tertiary/aromatic N) is 1. The first kappa shape index (κ1) is 22.6. The number of allylic oxidation sites excluding steroid dienone is 1. The minimum atomic E-state index is -0.688. The summed E-state index contributed by atoms with van der Waals surface area (Å²) in [6.45, 7) is 4.16. The van der Waals surface area contributed by atoms with Crippen LogP contribution in [0.1, 0.15) is 24.0 Å². The predicted molar refractivity (Wildman–Crippen MR) is 118 cm³/mol. The van der Waals surface area contributed by atoms with Crippen LogP contribution >= 0.6 is 11.6 Å². The Morgan fingerprint density at radius 1 is 1.16 bits per heavy atom. The van der Waals surface area contributed by atoms with E-state index < -0.39 is 24.0 Å². The Bertz CT molecular complexity index is 930. The van der Waals surface area contributed by atoms with Crippen LogP contribution in [-0.2, 0) is 27.3 Å². The lowest BCUT2D eigenvalue weighted by Crippen LogP contribution is -2.44. The van der Waals surface area contributed by atoms with E-state index in [9.17, 15) is 14.4 Å². The van der Waals surface area contributed by atoms with Crippen LogP contribution in [0, 0.1) is 5.92 Å². The molecule has 31 heavy (non-hydrogen) atoms. The maximum Gasteiger partial charge on any atom is 0.416 e. The predicted octanol–water partition coefficient (Wildman–Crippen LogP) is 4.13. The third-order valence-electron chi connectivity index (χ3n) is 5.15. The first-order chi connectivity index (χ1) is 15.0. The third kappa shape index (κ3) is 6.18. The van der Waals surface area contributed by atoms with Crippen molar-refractivity contribution in [3.8, 4) is 0 Å². The lowest BCUT2D eigenvalue weighted by Gasteiger charge is -2.24. The molecule has 1 aliphatic rings. The van der Waals surface area contributed by atoms with Gasteiger partial charge < -0.3 is 10.1 Å². The third-order valence-corrected chi connectivity index (χ3v) is 5.40. The summed E-state index contributed by atoms with van der Waals surface area (Å²) in [4.78, 5) is 39.1. The van der Waals surface area contributed by atoms with E-state index in [2.05, 4.69) is 11.9 Å². The van der Waals surface area contributed by atoms with E-state index in [0.717, 1.165) is 16.0 Å². The van der Waals surface area contributed by atoms with Gasteiger partial charge in [0.05, 0.1) is 12.0 Å². The number of amides is 3. The number of nitrogens with one attached hydrogen (secondary N) is 1. The maximum atomic E-state index is 13.2. The summed E-state index contributed by atoms with van der Waals surface area (Å²) in [5.41, 5.74) is 1.90. The van der Waals surface area contributed by atoms with Gasteiger partial charge in [-0.1, -0.05) is 60.1 Å². The zero-order valence-electron chi connectivity index (χ0n) is 17.1. The van der Waals surface area contributed by atoms with E-state index in [0.29, 0.717) is 18.0 Å². The molecule has 0 radical (unpaired) electrons. The van der Waals surface area contributed by atoms with Gasteiger partial charge in [-0.3, -0.25) is 9.59 Å². The first-order valence-corrected chi connectivity index (χ1v) is 10.5. The number of hydrogen-bond acceptors (Lipinski definition) is 4. The summed E-state index contributed by atoms with van der Waals surface area (Å²) in [6, 6.07) is 16.4. The largest absolute Gasteiger partial charge is 0.447 e. The van der Waals surface area contributed by atoms with E-state index >= 15 is 0 Å². The van der Waals surface area contributed by atoms with Crippen LogP contribution < -0.4 is 5.32 Å². The molecular formula is C24H25ClN2O4. The highest BCUT2D eigenvalue weighted by atomic mass is 35.5. The van der Waals surface area contributed by atoms with Crippen molar-refractivity contribution in [1.29, 1.82) is 0 Å². The number of rotatable bonds is 9. The average molecular weight is 441 g/mol. The first-order valence-electron chi connectivity index (χ1n) is 10.1. The lowest BCUT2D eigenvalue weighted by molar-refractivity contribution is -0.136. The Balaban J connectivity index is 1.63. The Kier molecular flexibility index (Phi) is 7.84. The van der Waals surface area contributed by atoms with Crippen LogP contribution in [0.3, 0.4) is 0 Å². The van der Waals surface area contributed by atoms with E-state index in [1.165, 1.54) is 0 Å². The normalized spacial score (nSPS) is 16.5. The number of imide groups is 1. The van der Waals surface area contributed by atoms with E-state index in [1.54, 1.807) is 18.2 Å². The molecule has 2 atom stereocenters. The zero-order chi connectivity index (χ0) is 22.2. The second-order valence-corrected chi connectivity index (χ2v) is 7.89. The molecule has 1 unspecified atom stereocenters. The fraction of sp³-hybridized carbons (Fsp3) is 0.292. The van der Waals surface area contributed by atoms with Crippen LogP contribution in [-0.4, -0.2) is 35.5 Å². The number of hydrogen-bond donors (Lipinski definition) is 1. The summed E-state index contributed by atoms with van der Waals surface area (Å²) in [5, 5.41) is 3.43. The Hall–Kier alpha value is -3.12. The van der Waals surface area contributed by atoms with Crippen molar-refractivity contribution in [2.24, 2.45) is 5.92 Å². The Labute approximate surface area is 186 Å². The fourth-order valence-corrected chi connectivity index (χ4v) is 3.66. The Morgan fingerprint density at radius 3 is 2.55 bits per heavy atom. The number of carbonyl (C=O) groups excluding carboxylic acids is 3. The molecule has 1 heterocycles. The van der Waals surface area contributed by atoms with Crippen molar-refractivity contribution < 1.29 is 19.1 Å². The van der Waals surface area contributed by atoms with E-state index in [1.807, 2.05) is 42.5 Å². The molecule has 2 aromatic rings. The molecule has 0 bridgehead atoms. The minimum Gasteiger partial charge on any atom is -0.447 e. The molecule has 1 saturated heterocycles. The van der Waals surface area contributed by atoms with Crippen LogP contribution in [0.4, 0.5) is 4.79 Å². The molecule has 7 heteroatoms. The number of cyclic esters (lactones) is 1. The van der Waals surface area contributed by atoms with Gasteiger partial charge in [0.15, 0.2) is 0 Å². The van der Waals surface area contributed by atoms with Crippen molar-refractivity contribution in [2.45, 2.75) is 31.8 Å². The summed E-state index contributed by atoms with van der Waals surface area (Å²) in [6.07, 6.45) is 1.67. The average Bonchev–Trinajstić information content (AvgIpc) is 3.13. The molecule has 0 spiro atoms. The summed E-state index contributed by atoms with van der Waals surface area (Å²) in [5.74, 6) is -1.38. The highest BCUT2D eigenvalue weighted by molar-refractivity contribution is 6.30. The van der Waals surface area contributed by atoms with Gasteiger partial charge >= 0.3 is 6.09 Å². The number of benzene rings is 2. The molecule has 0 aliphatic carbocycles. The highest BCUT2D eigenvalue weighted by Gasteiger charge is 2.40. The number of carbonyl (C=O) groups is 3. The monoisotopic (exact) mass is 440 g/mol. The van der Waals surface area contributed by atoms with Gasteiger partial charge in [-0.05, 0) is 36.1 Å². The van der Waals surface area contributed by atoms with Gasteiger partial charge in [-0.25, -0.2) is 9.69 Å². The molecule has 3 rings (SSSR count). The molecule has 3 amide bonds. The lowest BCUT2D eigenvalue weighted by atomic mass is 9.97. The molecule has 2 aromatic carbocycles. The van der Waals surface area contributed by atoms with Gasteiger partial charge in [-0.15, -0.1) is 6.58 Å². The van der Waals surface area contributed by atoms with Gasteiger partial charge in [0, 0.05) is 18.0 Å². The molecular weight excluding hydrogens is 416 g/mol. The molecule has 1 fully saturated rings. The molecule has 0 aromatic heterocycles. The summed E-state index contributed by atoms with van der Waals surface area (Å²) >= 11 is 5.87. The van der Waals surface area contributed by atoms with Crippen molar-refractivity contribution >= 4 is 29.5 Å². The van der Waals surface area contributed by atoms with Gasteiger partial charge in [0.2, 0.25) is 11.8 Å². The Morgan fingerprint density at radius 2 is 1.87 bits per heavy atom. The van der Waals surface area contributed by atoms with Gasteiger partial charge in [0.1, 0.15) is 6.61 Å². The SMILES string of the molecule is C=CC[C@@H](CC(=O)NCc1ccc(Cl)cc1)C(=O)N1C(=O)OCC1Cc1ccccc1. The molecule has 162 valence electrons. The number of ether oxygens (including phenoxy) is 1. The summed E-state index contributed by atoms with van der Waals surface area (Å²) in [7, 11) is 0.